The number of imide groups is 2. The zero-order chi connectivity index (χ0) is 27.9. The third-order valence-corrected chi connectivity index (χ3v) is 8.34. The monoisotopic (exact) mass is 538 g/mol. The second-order valence-electron chi connectivity index (χ2n) is 12.3. The van der Waals surface area contributed by atoms with Crippen molar-refractivity contribution >= 4 is 35.4 Å². The molecule has 210 valence electrons. The van der Waals surface area contributed by atoms with E-state index in [1.807, 2.05) is 31.7 Å². The lowest BCUT2D eigenvalue weighted by molar-refractivity contribution is -0.136. The third kappa shape index (κ3) is 5.79. The summed E-state index contributed by atoms with van der Waals surface area (Å²) in [5.74, 6) is -0.697. The summed E-state index contributed by atoms with van der Waals surface area (Å²) < 4.78 is 5.51. The van der Waals surface area contributed by atoms with Gasteiger partial charge in [-0.2, -0.15) is 0 Å². The predicted molar refractivity (Wildman–Crippen MR) is 143 cm³/mol. The van der Waals surface area contributed by atoms with Crippen LogP contribution in [0.5, 0.6) is 0 Å². The minimum Gasteiger partial charge on any atom is -0.444 e. The van der Waals surface area contributed by atoms with E-state index in [0.717, 1.165) is 68.9 Å². The van der Waals surface area contributed by atoms with Crippen LogP contribution in [0, 0.1) is 11.8 Å². The van der Waals surface area contributed by atoms with Gasteiger partial charge in [0.15, 0.2) is 0 Å². The first kappa shape index (κ1) is 27.1. The maximum Gasteiger partial charge on any atom is 0.410 e. The molecule has 1 N–H and O–H groups in total. The van der Waals surface area contributed by atoms with Crippen LogP contribution in [0.4, 0.5) is 10.5 Å². The molecule has 3 saturated heterocycles. The van der Waals surface area contributed by atoms with Gasteiger partial charge in [-0.15, -0.1) is 0 Å². The van der Waals surface area contributed by atoms with E-state index in [9.17, 15) is 24.0 Å². The molecule has 4 heterocycles. The number of nitrogens with one attached hydrogen (secondary N) is 1. The maximum atomic E-state index is 13.2. The molecule has 4 aliphatic heterocycles. The summed E-state index contributed by atoms with van der Waals surface area (Å²) in [4.78, 5) is 67.4. The molecule has 10 nitrogen and oxygen atoms in total. The number of piperidine rings is 3. The van der Waals surface area contributed by atoms with Crippen LogP contribution in [-0.4, -0.2) is 77.3 Å². The van der Waals surface area contributed by atoms with Crippen molar-refractivity contribution in [3.8, 4) is 0 Å². The van der Waals surface area contributed by atoms with E-state index in [1.54, 1.807) is 12.1 Å². The van der Waals surface area contributed by atoms with E-state index < -0.39 is 29.4 Å². The molecule has 3 fully saturated rings. The van der Waals surface area contributed by atoms with Crippen LogP contribution in [0.25, 0.3) is 0 Å². The topological polar surface area (TPSA) is 116 Å². The Morgan fingerprint density at radius 3 is 2.13 bits per heavy atom. The number of benzene rings is 1. The second kappa shape index (κ2) is 10.6. The van der Waals surface area contributed by atoms with Gasteiger partial charge in [0.2, 0.25) is 11.8 Å². The van der Waals surface area contributed by atoms with Crippen LogP contribution in [-0.2, 0) is 14.3 Å². The summed E-state index contributed by atoms with van der Waals surface area (Å²) in [6, 6.07) is 4.38. The van der Waals surface area contributed by atoms with E-state index in [2.05, 4.69) is 10.2 Å². The van der Waals surface area contributed by atoms with Gasteiger partial charge >= 0.3 is 6.09 Å². The van der Waals surface area contributed by atoms with Crippen molar-refractivity contribution in [3.63, 3.8) is 0 Å². The molecular weight excluding hydrogens is 500 g/mol. The lowest BCUT2D eigenvalue weighted by Gasteiger charge is -2.38. The number of hydrogen-bond donors (Lipinski definition) is 1. The molecule has 1 atom stereocenters. The van der Waals surface area contributed by atoms with Gasteiger partial charge in [-0.1, -0.05) is 0 Å². The number of carbonyl (C=O) groups excluding carboxylic acids is 5. The first-order chi connectivity index (χ1) is 18.5. The number of nitrogens with zero attached hydrogens (tertiary/aromatic N) is 3. The normalized spacial score (nSPS) is 23.3. The average Bonchev–Trinajstić information content (AvgIpc) is 3.13. The fourth-order valence-electron chi connectivity index (χ4n) is 6.23. The molecule has 1 aromatic carbocycles. The lowest BCUT2D eigenvalue weighted by atomic mass is 9.82. The van der Waals surface area contributed by atoms with Gasteiger partial charge in [-0.3, -0.25) is 29.4 Å². The summed E-state index contributed by atoms with van der Waals surface area (Å²) in [7, 11) is 0. The summed E-state index contributed by atoms with van der Waals surface area (Å²) in [6.45, 7) is 8.91. The van der Waals surface area contributed by atoms with Crippen molar-refractivity contribution < 1.29 is 28.7 Å². The van der Waals surface area contributed by atoms with Crippen LogP contribution >= 0.6 is 0 Å². The molecular formula is C29H38N4O6. The van der Waals surface area contributed by atoms with E-state index in [1.165, 1.54) is 0 Å². The van der Waals surface area contributed by atoms with Crippen molar-refractivity contribution in [2.24, 2.45) is 11.8 Å². The predicted octanol–water partition coefficient (Wildman–Crippen LogP) is 3.34. The molecule has 10 heteroatoms. The summed E-state index contributed by atoms with van der Waals surface area (Å²) in [6.07, 6.45) is 5.31. The second-order valence-corrected chi connectivity index (χ2v) is 12.3. The number of fused-ring (bicyclic) bond motifs is 1. The molecule has 0 bridgehead atoms. The molecule has 1 unspecified atom stereocenters. The quantitative estimate of drug-likeness (QED) is 0.585. The molecule has 0 spiro atoms. The van der Waals surface area contributed by atoms with Gasteiger partial charge in [-0.25, -0.2) is 4.79 Å². The van der Waals surface area contributed by atoms with Crippen molar-refractivity contribution in [2.75, 3.05) is 31.1 Å². The molecule has 0 aliphatic carbocycles. The van der Waals surface area contributed by atoms with Gasteiger partial charge in [0, 0.05) is 38.3 Å². The molecule has 0 aromatic heterocycles. The number of rotatable bonds is 4. The standard InChI is InChI=1S/C29H38N4O6/c1-29(2,3)39-28(38)32-14-10-19(11-15-32)16-18-8-12-31(13-9-18)20-4-5-21-22(17-20)27(37)33(26(21)36)23-6-7-24(34)30-25(23)35/h4-5,17-19,23H,6-16H2,1-3H3,(H,30,34,35). The van der Waals surface area contributed by atoms with Crippen molar-refractivity contribution in [1.29, 1.82) is 0 Å². The fourth-order valence-corrected chi connectivity index (χ4v) is 6.23. The SMILES string of the molecule is CC(C)(C)OC(=O)N1CCC(CC2CCN(c3ccc4c(c3)C(=O)N(C3CCC(=O)NC3=O)C4=O)CC2)CC1. The number of likely N-dealkylation sites (tertiary alicyclic amines) is 1. The van der Waals surface area contributed by atoms with Crippen molar-refractivity contribution in [3.05, 3.63) is 29.3 Å². The Morgan fingerprint density at radius 1 is 0.897 bits per heavy atom. The molecule has 39 heavy (non-hydrogen) atoms. The Morgan fingerprint density at radius 2 is 1.51 bits per heavy atom. The van der Waals surface area contributed by atoms with Gasteiger partial charge < -0.3 is 14.5 Å². The number of amides is 5. The van der Waals surface area contributed by atoms with Gasteiger partial charge in [0.25, 0.3) is 11.8 Å². The number of ether oxygens (including phenoxy) is 1. The van der Waals surface area contributed by atoms with Crippen LogP contribution in [0.2, 0.25) is 0 Å². The van der Waals surface area contributed by atoms with E-state index in [4.69, 9.17) is 4.74 Å². The summed E-state index contributed by atoms with van der Waals surface area (Å²) in [5.41, 5.74) is 1.06. The largest absolute Gasteiger partial charge is 0.444 e. The average molecular weight is 539 g/mol. The van der Waals surface area contributed by atoms with Crippen molar-refractivity contribution in [2.45, 2.75) is 77.4 Å². The first-order valence-corrected chi connectivity index (χ1v) is 14.1. The van der Waals surface area contributed by atoms with E-state index >= 15 is 0 Å². The zero-order valence-electron chi connectivity index (χ0n) is 23.0. The summed E-state index contributed by atoms with van der Waals surface area (Å²) >= 11 is 0. The highest BCUT2D eigenvalue weighted by molar-refractivity contribution is 6.23. The molecule has 0 saturated carbocycles. The Hall–Kier alpha value is -3.43. The van der Waals surface area contributed by atoms with Crippen LogP contribution in [0.15, 0.2) is 18.2 Å². The van der Waals surface area contributed by atoms with E-state index in [-0.39, 0.29) is 24.8 Å². The lowest BCUT2D eigenvalue weighted by Crippen LogP contribution is -2.54. The smallest absolute Gasteiger partial charge is 0.410 e. The highest BCUT2D eigenvalue weighted by Gasteiger charge is 2.44. The Labute approximate surface area is 229 Å². The Balaban J connectivity index is 1.13. The minimum atomic E-state index is -0.953. The van der Waals surface area contributed by atoms with Crippen LogP contribution in [0.3, 0.4) is 0 Å². The van der Waals surface area contributed by atoms with Gasteiger partial charge in [0.05, 0.1) is 11.1 Å². The number of carbonyl (C=O) groups is 5. The Bertz CT molecular complexity index is 1170. The van der Waals surface area contributed by atoms with E-state index in [0.29, 0.717) is 23.0 Å². The van der Waals surface area contributed by atoms with Gasteiger partial charge in [-0.05, 0) is 89.3 Å². The van der Waals surface area contributed by atoms with Gasteiger partial charge in [0.1, 0.15) is 11.6 Å². The van der Waals surface area contributed by atoms with Crippen molar-refractivity contribution in [1.82, 2.24) is 15.1 Å². The molecule has 0 radical (unpaired) electrons. The first-order valence-electron chi connectivity index (χ1n) is 14.1. The maximum absolute atomic E-state index is 13.2. The molecule has 4 aliphatic rings. The van der Waals surface area contributed by atoms with Crippen LogP contribution in [0.1, 0.15) is 86.4 Å². The third-order valence-electron chi connectivity index (χ3n) is 8.34. The Kier molecular flexibility index (Phi) is 7.39. The number of anilines is 1. The summed E-state index contributed by atoms with van der Waals surface area (Å²) in [5, 5.41) is 2.23. The molecule has 1 aromatic rings. The zero-order valence-corrected chi connectivity index (χ0v) is 23.0. The minimum absolute atomic E-state index is 0.104. The molecule has 5 rings (SSSR count). The number of hydrogen-bond acceptors (Lipinski definition) is 7. The van der Waals surface area contributed by atoms with Crippen LogP contribution < -0.4 is 10.2 Å². The molecule has 5 amide bonds. The highest BCUT2D eigenvalue weighted by Crippen LogP contribution is 2.34. The fraction of sp³-hybridized carbons (Fsp3) is 0.621. The highest BCUT2D eigenvalue weighted by atomic mass is 16.6.